The largest absolute Gasteiger partial charge is 0.298 e. The van der Waals surface area contributed by atoms with Gasteiger partial charge in [-0.3, -0.25) is 19.8 Å². The summed E-state index contributed by atoms with van der Waals surface area (Å²) in [5.41, 5.74) is 2.82. The van der Waals surface area contributed by atoms with Gasteiger partial charge in [-0.2, -0.15) is 0 Å². The molecule has 1 aliphatic rings. The fraction of sp³-hybridized carbons (Fsp3) is 0.0952. The van der Waals surface area contributed by atoms with Crippen LogP contribution in [0.4, 0.5) is 5.69 Å². The van der Waals surface area contributed by atoms with Crippen molar-refractivity contribution in [2.75, 3.05) is 4.90 Å². The fourth-order valence-corrected chi connectivity index (χ4v) is 2.89. The number of carbonyl (C=O) groups excluding carboxylic acids is 2. The smallest absolute Gasteiger partial charge is 0.270 e. The van der Waals surface area contributed by atoms with Gasteiger partial charge in [0.25, 0.3) is 11.8 Å². The number of rotatable bonds is 4. The van der Waals surface area contributed by atoms with E-state index in [1.54, 1.807) is 6.08 Å². The Balaban J connectivity index is 1.87. The minimum absolute atomic E-state index is 0.0466. The Morgan fingerprint density at radius 3 is 2.38 bits per heavy atom. The molecule has 2 amide bonds. The summed E-state index contributed by atoms with van der Waals surface area (Å²) in [7, 11) is 0. The molecule has 2 aromatic rings. The highest BCUT2D eigenvalue weighted by Crippen LogP contribution is 2.21. The quantitative estimate of drug-likeness (QED) is 0.513. The Kier molecular flexibility index (Phi) is 5.39. The van der Waals surface area contributed by atoms with Crippen molar-refractivity contribution in [1.29, 1.82) is 0 Å². The lowest BCUT2D eigenvalue weighted by molar-refractivity contribution is -0.122. The summed E-state index contributed by atoms with van der Waals surface area (Å²) >= 11 is 5.19. The zero-order valence-corrected chi connectivity index (χ0v) is 15.1. The Labute approximate surface area is 157 Å². The maximum atomic E-state index is 12.8. The third kappa shape index (κ3) is 3.78. The molecule has 1 N–H and O–H groups in total. The lowest BCUT2D eigenvalue weighted by Crippen LogP contribution is -2.54. The molecule has 1 aliphatic heterocycles. The van der Waals surface area contributed by atoms with E-state index in [2.05, 4.69) is 12.2 Å². The normalized spacial score (nSPS) is 16.4. The van der Waals surface area contributed by atoms with Crippen molar-refractivity contribution >= 4 is 40.9 Å². The van der Waals surface area contributed by atoms with Gasteiger partial charge in [0.2, 0.25) is 0 Å². The number of aryl methyl sites for hydroxylation is 1. The molecule has 1 heterocycles. The van der Waals surface area contributed by atoms with Crippen LogP contribution in [0.5, 0.6) is 0 Å². The number of amides is 2. The van der Waals surface area contributed by atoms with Crippen LogP contribution in [0.3, 0.4) is 0 Å². The lowest BCUT2D eigenvalue weighted by atomic mass is 10.1. The van der Waals surface area contributed by atoms with Gasteiger partial charge in [0.1, 0.15) is 5.57 Å². The summed E-state index contributed by atoms with van der Waals surface area (Å²) in [5, 5.41) is 2.67. The molecule has 4 nitrogen and oxygen atoms in total. The monoisotopic (exact) mass is 362 g/mol. The van der Waals surface area contributed by atoms with Gasteiger partial charge < -0.3 is 0 Å². The molecule has 1 fully saturated rings. The number of benzene rings is 2. The molecule has 0 atom stereocenters. The van der Waals surface area contributed by atoms with Gasteiger partial charge in [0, 0.05) is 0 Å². The van der Waals surface area contributed by atoms with Crippen LogP contribution < -0.4 is 10.2 Å². The predicted octanol–water partition coefficient (Wildman–Crippen LogP) is 3.64. The first-order chi connectivity index (χ1) is 12.6. The average molecular weight is 362 g/mol. The van der Waals surface area contributed by atoms with E-state index in [0.717, 1.165) is 17.5 Å². The number of carbonyl (C=O) groups is 2. The highest BCUT2D eigenvalue weighted by Gasteiger charge is 2.33. The molecule has 0 aromatic heterocycles. The van der Waals surface area contributed by atoms with E-state index < -0.39 is 11.8 Å². The number of anilines is 1. The molecule has 2 aromatic carbocycles. The van der Waals surface area contributed by atoms with E-state index in [9.17, 15) is 9.59 Å². The van der Waals surface area contributed by atoms with Crippen molar-refractivity contribution in [2.24, 2.45) is 0 Å². The van der Waals surface area contributed by atoms with E-state index in [4.69, 9.17) is 12.2 Å². The first-order valence-corrected chi connectivity index (χ1v) is 8.73. The van der Waals surface area contributed by atoms with Gasteiger partial charge in [0.05, 0.1) is 5.69 Å². The summed E-state index contributed by atoms with van der Waals surface area (Å²) < 4.78 is 0. The van der Waals surface area contributed by atoms with Crippen molar-refractivity contribution in [3.63, 3.8) is 0 Å². The fourth-order valence-electron chi connectivity index (χ4n) is 2.61. The van der Waals surface area contributed by atoms with Crippen molar-refractivity contribution in [3.8, 4) is 0 Å². The maximum Gasteiger partial charge on any atom is 0.270 e. The maximum absolute atomic E-state index is 12.8. The first-order valence-electron chi connectivity index (χ1n) is 8.32. The average Bonchev–Trinajstić information content (AvgIpc) is 2.65. The first kappa shape index (κ1) is 17.8. The van der Waals surface area contributed by atoms with Crippen LogP contribution in [0.1, 0.15) is 18.1 Å². The van der Waals surface area contributed by atoms with Crippen LogP contribution in [0.2, 0.25) is 0 Å². The predicted molar refractivity (Wildman–Crippen MR) is 108 cm³/mol. The second-order valence-corrected chi connectivity index (χ2v) is 6.16. The number of nitrogens with zero attached hydrogens (tertiary/aromatic N) is 1. The van der Waals surface area contributed by atoms with Gasteiger partial charge in [0.15, 0.2) is 5.11 Å². The molecule has 130 valence electrons. The van der Waals surface area contributed by atoms with Crippen molar-refractivity contribution in [1.82, 2.24) is 5.32 Å². The SMILES string of the molecule is CCc1ccc(N2C(=O)/C(=C/C=C/c3ccccc3)C(=O)NC2=S)cc1. The summed E-state index contributed by atoms with van der Waals surface area (Å²) in [6.45, 7) is 2.06. The number of hydrogen-bond donors (Lipinski definition) is 1. The number of thiocarbonyl (C=S) groups is 1. The van der Waals surface area contributed by atoms with Crippen LogP contribution in [0, 0.1) is 0 Å². The van der Waals surface area contributed by atoms with Crippen LogP contribution in [-0.2, 0) is 16.0 Å². The molecule has 0 bridgehead atoms. The topological polar surface area (TPSA) is 49.4 Å². The summed E-state index contributed by atoms with van der Waals surface area (Å²) in [6.07, 6.45) is 5.94. The van der Waals surface area contributed by atoms with E-state index in [0.29, 0.717) is 5.69 Å². The summed E-state index contributed by atoms with van der Waals surface area (Å²) in [6, 6.07) is 17.2. The summed E-state index contributed by atoms with van der Waals surface area (Å²) in [5.74, 6) is -0.917. The molecule has 5 heteroatoms. The molecular weight excluding hydrogens is 344 g/mol. The van der Waals surface area contributed by atoms with Crippen molar-refractivity contribution in [2.45, 2.75) is 13.3 Å². The molecule has 0 aliphatic carbocycles. The number of hydrogen-bond acceptors (Lipinski definition) is 3. The third-order valence-electron chi connectivity index (χ3n) is 4.06. The Bertz CT molecular complexity index is 899. The van der Waals surface area contributed by atoms with Gasteiger partial charge >= 0.3 is 0 Å². The van der Waals surface area contributed by atoms with Gasteiger partial charge in [-0.15, -0.1) is 0 Å². The van der Waals surface area contributed by atoms with Crippen molar-refractivity contribution in [3.05, 3.63) is 83.4 Å². The molecule has 0 radical (unpaired) electrons. The molecule has 0 saturated carbocycles. The minimum atomic E-state index is -0.487. The van der Waals surface area contributed by atoms with E-state index >= 15 is 0 Å². The molecular formula is C21H18N2O2S. The Morgan fingerprint density at radius 1 is 1.04 bits per heavy atom. The lowest BCUT2D eigenvalue weighted by Gasteiger charge is -2.28. The van der Waals surface area contributed by atoms with E-state index in [1.807, 2.05) is 60.7 Å². The highest BCUT2D eigenvalue weighted by molar-refractivity contribution is 7.80. The van der Waals surface area contributed by atoms with Gasteiger partial charge in [-0.05, 0) is 48.0 Å². The van der Waals surface area contributed by atoms with Gasteiger partial charge in [-0.1, -0.05) is 61.5 Å². The molecule has 3 rings (SSSR count). The molecule has 26 heavy (non-hydrogen) atoms. The standard InChI is InChI=1S/C21H18N2O2S/c1-2-15-11-13-17(14-12-15)23-20(25)18(19(24)22-21(23)26)10-6-9-16-7-4-3-5-8-16/h3-14H,2H2,1H3,(H,22,24,26)/b9-6+,18-10+. The second-order valence-electron chi connectivity index (χ2n) is 5.77. The van der Waals surface area contributed by atoms with E-state index in [-0.39, 0.29) is 10.7 Å². The van der Waals surface area contributed by atoms with Crippen LogP contribution >= 0.6 is 12.2 Å². The summed E-state index contributed by atoms with van der Waals surface area (Å²) in [4.78, 5) is 26.4. The molecule has 0 unspecified atom stereocenters. The highest BCUT2D eigenvalue weighted by atomic mass is 32.1. The van der Waals surface area contributed by atoms with Crippen LogP contribution in [0.15, 0.2) is 72.3 Å². The number of allylic oxidation sites excluding steroid dienone is 2. The Hall–Kier alpha value is -3.05. The van der Waals surface area contributed by atoms with E-state index in [1.165, 1.54) is 11.0 Å². The molecule has 0 spiro atoms. The number of nitrogens with one attached hydrogen (secondary N) is 1. The minimum Gasteiger partial charge on any atom is -0.298 e. The third-order valence-corrected chi connectivity index (χ3v) is 4.34. The molecule has 1 saturated heterocycles. The van der Waals surface area contributed by atoms with Gasteiger partial charge in [-0.25, -0.2) is 0 Å². The second kappa shape index (κ2) is 7.89. The zero-order chi connectivity index (χ0) is 18.5. The van der Waals surface area contributed by atoms with Crippen molar-refractivity contribution < 1.29 is 9.59 Å². The van der Waals surface area contributed by atoms with Crippen LogP contribution in [-0.4, -0.2) is 16.9 Å². The zero-order valence-electron chi connectivity index (χ0n) is 14.3. The Morgan fingerprint density at radius 2 is 1.73 bits per heavy atom. The van der Waals surface area contributed by atoms with Crippen LogP contribution in [0.25, 0.3) is 6.08 Å².